The predicted molar refractivity (Wildman–Crippen MR) is 93.3 cm³/mol. The highest BCUT2D eigenvalue weighted by Crippen LogP contribution is 2.24. The molecule has 0 aliphatic carbocycles. The molecule has 3 heterocycles. The van der Waals surface area contributed by atoms with Crippen molar-refractivity contribution in [2.24, 2.45) is 0 Å². The summed E-state index contributed by atoms with van der Waals surface area (Å²) in [5.41, 5.74) is 0.123. The van der Waals surface area contributed by atoms with Crippen molar-refractivity contribution in [3.05, 3.63) is 21.9 Å². The van der Waals surface area contributed by atoms with E-state index in [0.29, 0.717) is 19.5 Å². The molecule has 1 N–H and O–H groups in total. The lowest BCUT2D eigenvalue weighted by atomic mass is 9.99. The number of ether oxygens (including phenoxy) is 1. The summed E-state index contributed by atoms with van der Waals surface area (Å²) >= 11 is 1.68. The van der Waals surface area contributed by atoms with Crippen LogP contribution < -0.4 is 5.32 Å². The molecule has 8 nitrogen and oxygen atoms in total. The van der Waals surface area contributed by atoms with Crippen molar-refractivity contribution in [1.82, 2.24) is 15.1 Å². The van der Waals surface area contributed by atoms with Gasteiger partial charge in [0.15, 0.2) is 6.61 Å². The van der Waals surface area contributed by atoms with Gasteiger partial charge in [0.2, 0.25) is 0 Å². The fourth-order valence-corrected chi connectivity index (χ4v) is 3.89. The first-order valence-corrected chi connectivity index (χ1v) is 9.35. The second-order valence-electron chi connectivity index (χ2n) is 6.60. The van der Waals surface area contributed by atoms with E-state index in [2.05, 4.69) is 5.32 Å². The lowest BCUT2D eigenvalue weighted by Crippen LogP contribution is -2.44. The van der Waals surface area contributed by atoms with Crippen LogP contribution in [0.5, 0.6) is 0 Å². The Labute approximate surface area is 155 Å². The molecule has 4 amide bonds. The zero-order chi connectivity index (χ0) is 18.9. The van der Waals surface area contributed by atoms with E-state index in [4.69, 9.17) is 4.74 Å². The average molecular weight is 379 g/mol. The summed E-state index contributed by atoms with van der Waals surface area (Å²) in [5.74, 6) is -1.53. The predicted octanol–water partition coefficient (Wildman–Crippen LogP) is 0.896. The molecular weight excluding hydrogens is 358 g/mol. The minimum absolute atomic E-state index is 0.286. The highest BCUT2D eigenvalue weighted by Gasteiger charge is 2.47. The third-order valence-electron chi connectivity index (χ3n) is 4.86. The second kappa shape index (κ2) is 7.06. The number of carbonyl (C=O) groups excluding carboxylic acids is 4. The van der Waals surface area contributed by atoms with Gasteiger partial charge >= 0.3 is 12.0 Å². The molecule has 1 aromatic heterocycles. The summed E-state index contributed by atoms with van der Waals surface area (Å²) in [7, 11) is 0. The fourth-order valence-electron chi connectivity index (χ4n) is 3.00. The summed E-state index contributed by atoms with van der Waals surface area (Å²) < 4.78 is 4.99. The van der Waals surface area contributed by atoms with Crippen LogP contribution >= 0.6 is 11.3 Å². The Kier molecular flexibility index (Phi) is 4.99. The molecule has 3 rings (SSSR count). The minimum atomic E-state index is -1.00. The van der Waals surface area contributed by atoms with E-state index in [1.165, 1.54) is 4.88 Å². The van der Waals surface area contributed by atoms with Gasteiger partial charge in [-0.05, 0) is 36.8 Å². The number of imide groups is 1. The number of carbonyl (C=O) groups is 4. The van der Waals surface area contributed by atoms with Crippen molar-refractivity contribution in [1.29, 1.82) is 0 Å². The summed E-state index contributed by atoms with van der Waals surface area (Å²) in [6.45, 7) is 3.59. The Bertz CT molecular complexity index is 761. The van der Waals surface area contributed by atoms with Crippen molar-refractivity contribution >= 4 is 35.2 Å². The van der Waals surface area contributed by atoms with Crippen LogP contribution in [0.25, 0.3) is 0 Å². The summed E-state index contributed by atoms with van der Waals surface area (Å²) in [6, 6.07) is 1.37. The van der Waals surface area contributed by atoms with Gasteiger partial charge in [0, 0.05) is 18.0 Å². The summed E-state index contributed by atoms with van der Waals surface area (Å²) in [5, 5.41) is 4.56. The maximum absolute atomic E-state index is 12.2. The molecule has 0 aromatic carbocycles. The smallest absolute Gasteiger partial charge is 0.326 e. The van der Waals surface area contributed by atoms with Gasteiger partial charge in [-0.3, -0.25) is 19.3 Å². The van der Waals surface area contributed by atoms with Gasteiger partial charge in [-0.1, -0.05) is 6.92 Å². The number of hydrogen-bond donors (Lipinski definition) is 1. The van der Waals surface area contributed by atoms with E-state index in [-0.39, 0.29) is 5.91 Å². The number of amides is 4. The first-order chi connectivity index (χ1) is 12.3. The van der Waals surface area contributed by atoms with Gasteiger partial charge in [-0.2, -0.15) is 0 Å². The molecule has 0 spiro atoms. The van der Waals surface area contributed by atoms with Crippen molar-refractivity contribution < 1.29 is 23.9 Å². The van der Waals surface area contributed by atoms with Crippen molar-refractivity contribution in [3.63, 3.8) is 0 Å². The zero-order valence-electron chi connectivity index (χ0n) is 14.7. The maximum Gasteiger partial charge on any atom is 0.326 e. The number of nitrogens with zero attached hydrogens (tertiary/aromatic N) is 2. The molecule has 1 atom stereocenters. The first-order valence-electron chi connectivity index (χ1n) is 8.47. The van der Waals surface area contributed by atoms with Gasteiger partial charge in [0.05, 0.1) is 0 Å². The summed E-state index contributed by atoms with van der Waals surface area (Å²) in [4.78, 5) is 52.1. The molecule has 26 heavy (non-hydrogen) atoms. The van der Waals surface area contributed by atoms with Gasteiger partial charge in [-0.25, -0.2) is 4.79 Å². The molecule has 1 unspecified atom stereocenters. The average Bonchev–Trinajstić information content (AvgIpc) is 3.18. The molecule has 2 aliphatic heterocycles. The van der Waals surface area contributed by atoms with Crippen LogP contribution in [0.15, 0.2) is 11.4 Å². The molecule has 1 aromatic rings. The van der Waals surface area contributed by atoms with Gasteiger partial charge < -0.3 is 15.0 Å². The molecule has 0 radical (unpaired) electrons. The number of esters is 1. The number of nitrogens with one attached hydrogen (secondary N) is 1. The first kappa shape index (κ1) is 18.4. The molecular formula is C17H21N3O5S. The van der Waals surface area contributed by atoms with E-state index in [1.807, 2.05) is 11.4 Å². The van der Waals surface area contributed by atoms with Crippen LogP contribution in [0, 0.1) is 0 Å². The van der Waals surface area contributed by atoms with E-state index in [0.717, 1.165) is 16.9 Å². The fraction of sp³-hybridized carbons (Fsp3) is 0.529. The van der Waals surface area contributed by atoms with Crippen LogP contribution in [-0.4, -0.2) is 58.8 Å². The topological polar surface area (TPSA) is 96.0 Å². The number of urea groups is 1. The molecule has 0 saturated carbocycles. The van der Waals surface area contributed by atoms with Crippen LogP contribution in [0.1, 0.15) is 30.7 Å². The van der Waals surface area contributed by atoms with E-state index >= 15 is 0 Å². The molecule has 0 bridgehead atoms. The number of hydrogen-bond acceptors (Lipinski definition) is 6. The Morgan fingerprint density at radius 2 is 2.15 bits per heavy atom. The largest absolute Gasteiger partial charge is 0.454 e. The van der Waals surface area contributed by atoms with Crippen molar-refractivity contribution in [2.45, 2.75) is 38.8 Å². The third-order valence-corrected chi connectivity index (χ3v) is 5.88. The normalized spacial score (nSPS) is 22.2. The van der Waals surface area contributed by atoms with Gasteiger partial charge in [0.1, 0.15) is 12.1 Å². The van der Waals surface area contributed by atoms with Gasteiger partial charge in [0.25, 0.3) is 11.8 Å². The Hall–Kier alpha value is -2.42. The summed E-state index contributed by atoms with van der Waals surface area (Å²) in [6.07, 6.45) is 1.21. The number of rotatable bonds is 5. The Balaban J connectivity index is 1.49. The van der Waals surface area contributed by atoms with E-state index < -0.39 is 36.6 Å². The Morgan fingerprint density at radius 3 is 2.85 bits per heavy atom. The van der Waals surface area contributed by atoms with Gasteiger partial charge in [-0.15, -0.1) is 11.3 Å². The minimum Gasteiger partial charge on any atom is -0.454 e. The third kappa shape index (κ3) is 3.44. The highest BCUT2D eigenvalue weighted by atomic mass is 32.1. The van der Waals surface area contributed by atoms with Crippen LogP contribution in [0.3, 0.4) is 0 Å². The van der Waals surface area contributed by atoms with E-state index in [9.17, 15) is 19.2 Å². The van der Waals surface area contributed by atoms with Crippen molar-refractivity contribution in [3.8, 4) is 0 Å². The molecule has 9 heteroatoms. The lowest BCUT2D eigenvalue weighted by molar-refractivity contribution is -0.154. The van der Waals surface area contributed by atoms with Crippen LogP contribution in [0.2, 0.25) is 0 Å². The number of thiophene rings is 1. The number of fused-ring (bicyclic) bond motifs is 1. The molecule has 1 saturated heterocycles. The quantitative estimate of drug-likeness (QED) is 0.606. The molecule has 140 valence electrons. The highest BCUT2D eigenvalue weighted by molar-refractivity contribution is 7.10. The Morgan fingerprint density at radius 1 is 1.38 bits per heavy atom. The lowest BCUT2D eigenvalue weighted by Gasteiger charge is -2.26. The maximum atomic E-state index is 12.2. The van der Waals surface area contributed by atoms with E-state index in [1.54, 1.807) is 30.1 Å². The standard InChI is InChI=1S/C17H21N3O5S/c1-3-17(2)15(23)20(16(24)18-17)9-14(22)25-10-13(21)19-6-4-12-11(8-19)5-7-26-12/h5,7H,3-4,6,8-10H2,1-2H3,(H,18,24). The molecule has 2 aliphatic rings. The van der Waals surface area contributed by atoms with Crippen LogP contribution in [0.4, 0.5) is 4.79 Å². The van der Waals surface area contributed by atoms with Crippen LogP contribution in [-0.2, 0) is 32.1 Å². The van der Waals surface area contributed by atoms with Crippen molar-refractivity contribution in [2.75, 3.05) is 19.7 Å². The monoisotopic (exact) mass is 379 g/mol. The second-order valence-corrected chi connectivity index (χ2v) is 7.60. The zero-order valence-corrected chi connectivity index (χ0v) is 15.6. The molecule has 1 fully saturated rings. The SMILES string of the molecule is CCC1(C)NC(=O)N(CC(=O)OCC(=O)N2CCc3sccc3C2)C1=O.